The van der Waals surface area contributed by atoms with Gasteiger partial charge in [0.25, 0.3) is 5.91 Å². The summed E-state index contributed by atoms with van der Waals surface area (Å²) in [6.45, 7) is 6.96. The predicted molar refractivity (Wildman–Crippen MR) is 99.8 cm³/mol. The number of nitrogens with zero attached hydrogens (tertiary/aromatic N) is 2. The summed E-state index contributed by atoms with van der Waals surface area (Å²) in [6, 6.07) is 5.46. The van der Waals surface area contributed by atoms with Crippen LogP contribution in [0.3, 0.4) is 0 Å². The zero-order valence-electron chi connectivity index (χ0n) is 13.3. The van der Waals surface area contributed by atoms with Crippen LogP contribution in [0.15, 0.2) is 18.2 Å². The number of hydrogen-bond acceptors (Lipinski definition) is 3. The van der Waals surface area contributed by atoms with Crippen LogP contribution in [-0.4, -0.2) is 60.4 Å². The van der Waals surface area contributed by atoms with E-state index in [0.29, 0.717) is 43.3 Å². The van der Waals surface area contributed by atoms with E-state index >= 15 is 0 Å². The first-order valence-corrected chi connectivity index (χ1v) is 9.08. The first-order valence-electron chi connectivity index (χ1n) is 7.63. The number of carbonyl (C=O) groups excluding carboxylic acids is 2. The van der Waals surface area contributed by atoms with E-state index in [9.17, 15) is 9.59 Å². The van der Waals surface area contributed by atoms with Crippen molar-refractivity contribution in [2.45, 2.75) is 19.9 Å². The molecule has 1 heterocycles. The van der Waals surface area contributed by atoms with Crippen molar-refractivity contribution in [3.63, 3.8) is 0 Å². The number of halogens is 2. The molecule has 0 spiro atoms. The summed E-state index contributed by atoms with van der Waals surface area (Å²) in [7, 11) is 0. The van der Waals surface area contributed by atoms with Gasteiger partial charge in [-0.3, -0.25) is 14.5 Å². The lowest BCUT2D eigenvalue weighted by atomic mass is 10.2. The molecule has 1 N–H and O–H groups in total. The Balaban J connectivity index is 1.89. The summed E-state index contributed by atoms with van der Waals surface area (Å²) in [5.74, 6) is 0.0596. The predicted octanol–water partition coefficient (Wildman–Crippen LogP) is 2.23. The molecule has 1 aliphatic heterocycles. The molecule has 1 fully saturated rings. The zero-order chi connectivity index (χ0) is 17.0. The van der Waals surface area contributed by atoms with Crippen molar-refractivity contribution in [1.82, 2.24) is 15.1 Å². The summed E-state index contributed by atoms with van der Waals surface area (Å²) in [6.07, 6.45) is 0. The third-order valence-corrected chi connectivity index (χ3v) is 4.77. The molecule has 5 nitrogen and oxygen atoms in total. The summed E-state index contributed by atoms with van der Waals surface area (Å²) in [4.78, 5) is 28.3. The largest absolute Gasteiger partial charge is 0.353 e. The SMILES string of the molecule is CC(C)NC(=O)CN1CCN(C(=O)c2ccc(Cl)cc2I)CC1. The molecular weight excluding hydrogens is 429 g/mol. The van der Waals surface area contributed by atoms with Gasteiger partial charge in [0.15, 0.2) is 0 Å². The fourth-order valence-corrected chi connectivity index (χ4v) is 3.62. The molecule has 0 saturated carbocycles. The van der Waals surface area contributed by atoms with Crippen molar-refractivity contribution >= 4 is 46.0 Å². The first-order chi connectivity index (χ1) is 10.9. The monoisotopic (exact) mass is 449 g/mol. The van der Waals surface area contributed by atoms with Gasteiger partial charge < -0.3 is 10.2 Å². The lowest BCUT2D eigenvalue weighted by molar-refractivity contribution is -0.123. The van der Waals surface area contributed by atoms with Gasteiger partial charge in [-0.1, -0.05) is 11.6 Å². The summed E-state index contributed by atoms with van der Waals surface area (Å²) < 4.78 is 0.860. The number of benzene rings is 1. The Morgan fingerprint density at radius 3 is 2.48 bits per heavy atom. The zero-order valence-corrected chi connectivity index (χ0v) is 16.2. The maximum atomic E-state index is 12.6. The molecule has 1 aliphatic rings. The number of hydrogen-bond donors (Lipinski definition) is 1. The smallest absolute Gasteiger partial charge is 0.255 e. The molecule has 0 aromatic heterocycles. The van der Waals surface area contributed by atoms with Gasteiger partial charge in [0.2, 0.25) is 5.91 Å². The highest BCUT2D eigenvalue weighted by Gasteiger charge is 2.24. The number of piperazine rings is 1. The molecule has 0 aliphatic carbocycles. The Bertz CT molecular complexity index is 587. The van der Waals surface area contributed by atoms with Gasteiger partial charge in [0.1, 0.15) is 0 Å². The lowest BCUT2D eigenvalue weighted by Gasteiger charge is -2.34. The van der Waals surface area contributed by atoms with Crippen molar-refractivity contribution in [3.05, 3.63) is 32.4 Å². The highest BCUT2D eigenvalue weighted by molar-refractivity contribution is 14.1. The molecule has 1 saturated heterocycles. The minimum Gasteiger partial charge on any atom is -0.353 e. The lowest BCUT2D eigenvalue weighted by Crippen LogP contribution is -2.51. The summed E-state index contributed by atoms with van der Waals surface area (Å²) in [5, 5.41) is 3.52. The molecule has 0 bridgehead atoms. The van der Waals surface area contributed by atoms with E-state index in [1.807, 2.05) is 18.7 Å². The van der Waals surface area contributed by atoms with Crippen molar-refractivity contribution in [3.8, 4) is 0 Å². The van der Waals surface area contributed by atoms with Crippen LogP contribution in [0.1, 0.15) is 24.2 Å². The highest BCUT2D eigenvalue weighted by Crippen LogP contribution is 2.20. The second-order valence-electron chi connectivity index (χ2n) is 5.91. The van der Waals surface area contributed by atoms with Crippen LogP contribution in [-0.2, 0) is 4.79 Å². The van der Waals surface area contributed by atoms with Crippen molar-refractivity contribution in [2.24, 2.45) is 0 Å². The van der Waals surface area contributed by atoms with Gasteiger partial charge in [-0.05, 0) is 54.6 Å². The Hall–Kier alpha value is -0.860. The average molecular weight is 450 g/mol. The van der Waals surface area contributed by atoms with Crippen molar-refractivity contribution < 1.29 is 9.59 Å². The van der Waals surface area contributed by atoms with Crippen molar-refractivity contribution in [1.29, 1.82) is 0 Å². The molecule has 2 amide bonds. The normalized spacial score (nSPS) is 15.8. The molecule has 7 heteroatoms. The molecule has 0 radical (unpaired) electrons. The van der Waals surface area contributed by atoms with Gasteiger partial charge >= 0.3 is 0 Å². The van der Waals surface area contributed by atoms with E-state index in [1.165, 1.54) is 0 Å². The second kappa shape index (κ2) is 8.30. The van der Waals surface area contributed by atoms with Gasteiger partial charge in [-0.2, -0.15) is 0 Å². The summed E-state index contributed by atoms with van der Waals surface area (Å²) in [5.41, 5.74) is 0.681. The van der Waals surface area contributed by atoms with Crippen molar-refractivity contribution in [2.75, 3.05) is 32.7 Å². The number of rotatable bonds is 4. The molecule has 1 aromatic rings. The standard InChI is InChI=1S/C16H21ClIN3O2/c1-11(2)19-15(22)10-20-5-7-21(8-6-20)16(23)13-4-3-12(17)9-14(13)18/h3-4,9,11H,5-8,10H2,1-2H3,(H,19,22). The highest BCUT2D eigenvalue weighted by atomic mass is 127. The number of nitrogens with one attached hydrogen (secondary N) is 1. The topological polar surface area (TPSA) is 52.7 Å². The average Bonchev–Trinajstić information content (AvgIpc) is 2.46. The van der Waals surface area contributed by atoms with E-state index < -0.39 is 0 Å². The van der Waals surface area contributed by atoms with Crippen LogP contribution in [0.25, 0.3) is 0 Å². The van der Waals surface area contributed by atoms with Gasteiger partial charge in [-0.25, -0.2) is 0 Å². The minimum absolute atomic E-state index is 0.0253. The van der Waals surface area contributed by atoms with E-state index in [-0.39, 0.29) is 17.9 Å². The Labute approximate surface area is 155 Å². The summed E-state index contributed by atoms with van der Waals surface area (Å²) >= 11 is 8.07. The van der Waals surface area contributed by atoms with Crippen LogP contribution in [0.4, 0.5) is 0 Å². The number of carbonyl (C=O) groups is 2. The fraction of sp³-hybridized carbons (Fsp3) is 0.500. The van der Waals surface area contributed by atoms with E-state index in [2.05, 4.69) is 32.8 Å². The molecule has 1 aromatic carbocycles. The molecular formula is C16H21ClIN3O2. The molecule has 126 valence electrons. The van der Waals surface area contributed by atoms with Gasteiger partial charge in [-0.15, -0.1) is 0 Å². The molecule has 0 unspecified atom stereocenters. The van der Waals surface area contributed by atoms with Gasteiger partial charge in [0, 0.05) is 40.8 Å². The molecule has 0 atom stereocenters. The van der Waals surface area contributed by atoms with Crippen LogP contribution >= 0.6 is 34.2 Å². The molecule has 23 heavy (non-hydrogen) atoms. The quantitative estimate of drug-likeness (QED) is 0.717. The number of amides is 2. The Kier molecular flexibility index (Phi) is 6.67. The second-order valence-corrected chi connectivity index (χ2v) is 7.51. The third-order valence-electron chi connectivity index (χ3n) is 3.64. The van der Waals surface area contributed by atoms with Gasteiger partial charge in [0.05, 0.1) is 12.1 Å². The van der Waals surface area contributed by atoms with Crippen LogP contribution < -0.4 is 5.32 Å². The van der Waals surface area contributed by atoms with E-state index in [4.69, 9.17) is 11.6 Å². The Morgan fingerprint density at radius 1 is 1.26 bits per heavy atom. The molecule has 2 rings (SSSR count). The Morgan fingerprint density at radius 2 is 1.91 bits per heavy atom. The van der Waals surface area contributed by atoms with Crippen LogP contribution in [0.2, 0.25) is 5.02 Å². The minimum atomic E-state index is 0.0253. The first kappa shape index (κ1) is 18.5. The van der Waals surface area contributed by atoms with E-state index in [1.54, 1.807) is 18.2 Å². The maximum Gasteiger partial charge on any atom is 0.255 e. The van der Waals surface area contributed by atoms with Crippen LogP contribution in [0.5, 0.6) is 0 Å². The van der Waals surface area contributed by atoms with E-state index in [0.717, 1.165) is 3.57 Å². The fourth-order valence-electron chi connectivity index (χ4n) is 2.51. The third kappa shape index (κ3) is 5.32. The maximum absolute atomic E-state index is 12.6. The van der Waals surface area contributed by atoms with Crippen LogP contribution in [0, 0.1) is 3.57 Å².